The van der Waals surface area contributed by atoms with Crippen LogP contribution in [0.5, 0.6) is 0 Å². The van der Waals surface area contributed by atoms with Gasteiger partial charge in [-0.2, -0.15) is 0 Å². The van der Waals surface area contributed by atoms with Crippen LogP contribution >= 0.6 is 0 Å². The fourth-order valence-electron chi connectivity index (χ4n) is 3.19. The number of piperidine rings is 1. The molecule has 0 radical (unpaired) electrons. The minimum atomic E-state index is -0.345. The van der Waals surface area contributed by atoms with E-state index in [9.17, 15) is 14.0 Å². The maximum Gasteiger partial charge on any atom is 0.253 e. The maximum atomic E-state index is 14.0. The van der Waals surface area contributed by atoms with Crippen molar-refractivity contribution in [2.24, 2.45) is 5.92 Å². The van der Waals surface area contributed by atoms with E-state index in [1.807, 2.05) is 0 Å². The van der Waals surface area contributed by atoms with E-state index in [0.717, 1.165) is 12.8 Å². The van der Waals surface area contributed by atoms with Crippen LogP contribution in [-0.4, -0.2) is 42.5 Å². The first-order valence-electron chi connectivity index (χ1n) is 8.95. The molecule has 2 fully saturated rings. The molecule has 0 unspecified atom stereocenters. The molecule has 1 aliphatic heterocycles. The van der Waals surface area contributed by atoms with Gasteiger partial charge in [0, 0.05) is 43.8 Å². The highest BCUT2D eigenvalue weighted by Gasteiger charge is 2.25. The van der Waals surface area contributed by atoms with E-state index >= 15 is 0 Å². The molecule has 1 saturated heterocycles. The molecule has 6 heteroatoms. The van der Waals surface area contributed by atoms with Crippen LogP contribution in [0.3, 0.4) is 0 Å². The lowest BCUT2D eigenvalue weighted by Crippen LogP contribution is -2.49. The quantitative estimate of drug-likeness (QED) is 0.859. The number of amides is 2. The van der Waals surface area contributed by atoms with Gasteiger partial charge in [0.1, 0.15) is 5.82 Å². The first-order chi connectivity index (χ1) is 12.0. The zero-order chi connectivity index (χ0) is 17.8. The van der Waals surface area contributed by atoms with Gasteiger partial charge in [0.25, 0.3) is 5.91 Å². The van der Waals surface area contributed by atoms with Crippen LogP contribution < -0.4 is 5.32 Å². The molecule has 1 heterocycles. The Morgan fingerprint density at radius 3 is 2.84 bits per heavy atom. The van der Waals surface area contributed by atoms with E-state index in [-0.39, 0.29) is 30.3 Å². The molecule has 1 saturated carbocycles. The van der Waals surface area contributed by atoms with Crippen LogP contribution in [0.1, 0.15) is 48.5 Å². The summed E-state index contributed by atoms with van der Waals surface area (Å²) < 4.78 is 19.5. The third kappa shape index (κ3) is 5.01. The van der Waals surface area contributed by atoms with Crippen LogP contribution in [0.4, 0.5) is 4.39 Å². The lowest BCUT2D eigenvalue weighted by molar-refractivity contribution is -0.120. The molecule has 0 bridgehead atoms. The van der Waals surface area contributed by atoms with Gasteiger partial charge in [0.2, 0.25) is 5.91 Å². The highest BCUT2D eigenvalue weighted by Crippen LogP contribution is 2.29. The molecule has 5 nitrogen and oxygen atoms in total. The summed E-state index contributed by atoms with van der Waals surface area (Å²) in [4.78, 5) is 25.7. The summed E-state index contributed by atoms with van der Waals surface area (Å²) >= 11 is 0. The van der Waals surface area contributed by atoms with E-state index in [0.29, 0.717) is 36.7 Å². The number of carbonyl (C=O) groups is 2. The standard InChI is InChI=1S/C19H25FN2O3/c1-13(23)21-17-3-2-8-22(10-17)19(24)15-6-7-18(20)16(9-15)12-25-11-14-4-5-14/h6-7,9,14,17H,2-5,8,10-12H2,1H3,(H,21,23)/t17-/m1/s1. The molecule has 3 rings (SSSR count). The largest absolute Gasteiger partial charge is 0.376 e. The molecule has 1 aromatic rings. The third-order valence-corrected chi connectivity index (χ3v) is 4.72. The van der Waals surface area contributed by atoms with E-state index in [1.54, 1.807) is 11.0 Å². The van der Waals surface area contributed by atoms with Crippen LogP contribution in [0.25, 0.3) is 0 Å². The Balaban J connectivity index is 1.63. The molecule has 1 atom stereocenters. The Labute approximate surface area is 147 Å². The van der Waals surface area contributed by atoms with Gasteiger partial charge in [-0.05, 0) is 49.8 Å². The number of nitrogens with one attached hydrogen (secondary N) is 1. The number of ether oxygens (including phenoxy) is 1. The van der Waals surface area contributed by atoms with Crippen LogP contribution in [0.15, 0.2) is 18.2 Å². The fraction of sp³-hybridized carbons (Fsp3) is 0.579. The average molecular weight is 348 g/mol. The lowest BCUT2D eigenvalue weighted by Gasteiger charge is -2.33. The van der Waals surface area contributed by atoms with Gasteiger partial charge in [-0.15, -0.1) is 0 Å². The van der Waals surface area contributed by atoms with Crippen molar-refractivity contribution >= 4 is 11.8 Å². The molecule has 25 heavy (non-hydrogen) atoms. The first-order valence-corrected chi connectivity index (χ1v) is 8.95. The summed E-state index contributed by atoms with van der Waals surface area (Å²) in [5.41, 5.74) is 0.886. The molecule has 1 aromatic carbocycles. The number of benzene rings is 1. The summed E-state index contributed by atoms with van der Waals surface area (Å²) in [5, 5.41) is 2.87. The van der Waals surface area contributed by atoms with Crippen LogP contribution in [0.2, 0.25) is 0 Å². The van der Waals surface area contributed by atoms with Gasteiger partial charge in [-0.1, -0.05) is 0 Å². The van der Waals surface area contributed by atoms with Gasteiger partial charge in [-0.3, -0.25) is 9.59 Å². The number of hydrogen-bond acceptors (Lipinski definition) is 3. The van der Waals surface area contributed by atoms with Crippen LogP contribution in [-0.2, 0) is 16.1 Å². The molecule has 0 aromatic heterocycles. The van der Waals surface area contributed by atoms with E-state index in [1.165, 1.54) is 31.9 Å². The Kier molecular flexibility index (Phi) is 5.68. The summed E-state index contributed by atoms with van der Waals surface area (Å²) in [6, 6.07) is 4.42. The summed E-state index contributed by atoms with van der Waals surface area (Å²) in [6.07, 6.45) is 4.08. The number of halogens is 1. The lowest BCUT2D eigenvalue weighted by atomic mass is 10.0. The number of nitrogens with zero attached hydrogens (tertiary/aromatic N) is 1. The monoisotopic (exact) mass is 348 g/mol. The summed E-state index contributed by atoms with van der Waals surface area (Å²) in [7, 11) is 0. The van der Waals surface area contributed by atoms with Crippen molar-refractivity contribution in [2.45, 2.75) is 45.3 Å². The molecular weight excluding hydrogens is 323 g/mol. The highest BCUT2D eigenvalue weighted by atomic mass is 19.1. The zero-order valence-corrected chi connectivity index (χ0v) is 14.6. The Morgan fingerprint density at radius 2 is 2.12 bits per heavy atom. The van der Waals surface area contributed by atoms with Crippen molar-refractivity contribution in [3.05, 3.63) is 35.1 Å². The third-order valence-electron chi connectivity index (χ3n) is 4.72. The van der Waals surface area contributed by atoms with Crippen molar-refractivity contribution in [3.8, 4) is 0 Å². The summed E-state index contributed by atoms with van der Waals surface area (Å²) in [5.74, 6) is 0.0590. The first kappa shape index (κ1) is 17.9. The second kappa shape index (κ2) is 7.95. The molecule has 0 spiro atoms. The van der Waals surface area contributed by atoms with Crippen molar-refractivity contribution in [3.63, 3.8) is 0 Å². The number of hydrogen-bond donors (Lipinski definition) is 1. The van der Waals surface area contributed by atoms with E-state index < -0.39 is 0 Å². The molecule has 1 N–H and O–H groups in total. The SMILES string of the molecule is CC(=O)N[C@@H]1CCCN(C(=O)c2ccc(F)c(COCC3CC3)c2)C1. The second-order valence-corrected chi connectivity index (χ2v) is 7.06. The molecule has 1 aliphatic carbocycles. The van der Waals surface area contributed by atoms with Crippen LogP contribution in [0, 0.1) is 11.7 Å². The van der Waals surface area contributed by atoms with Gasteiger partial charge < -0.3 is 15.0 Å². The van der Waals surface area contributed by atoms with Crippen molar-refractivity contribution in [1.82, 2.24) is 10.2 Å². The van der Waals surface area contributed by atoms with E-state index in [4.69, 9.17) is 4.74 Å². The smallest absolute Gasteiger partial charge is 0.253 e. The maximum absolute atomic E-state index is 14.0. The predicted molar refractivity (Wildman–Crippen MR) is 91.5 cm³/mol. The zero-order valence-electron chi connectivity index (χ0n) is 14.6. The number of likely N-dealkylation sites (tertiary alicyclic amines) is 1. The Morgan fingerprint density at radius 1 is 1.32 bits per heavy atom. The van der Waals surface area contributed by atoms with Gasteiger partial charge in [-0.25, -0.2) is 4.39 Å². The normalized spacial score (nSPS) is 20.4. The average Bonchev–Trinajstić information content (AvgIpc) is 3.40. The molecule has 2 aliphatic rings. The van der Waals surface area contributed by atoms with Gasteiger partial charge in [0.05, 0.1) is 6.61 Å². The minimum Gasteiger partial charge on any atom is -0.376 e. The molecular formula is C19H25FN2O3. The van der Waals surface area contributed by atoms with Crippen molar-refractivity contribution < 1.29 is 18.7 Å². The van der Waals surface area contributed by atoms with Crippen molar-refractivity contribution in [2.75, 3.05) is 19.7 Å². The predicted octanol–water partition coefficient (Wildman–Crippen LogP) is 2.49. The van der Waals surface area contributed by atoms with E-state index in [2.05, 4.69) is 5.32 Å². The number of carbonyl (C=O) groups excluding carboxylic acids is 2. The minimum absolute atomic E-state index is 0.0167. The number of rotatable bonds is 6. The van der Waals surface area contributed by atoms with Crippen molar-refractivity contribution in [1.29, 1.82) is 0 Å². The molecule has 136 valence electrons. The topological polar surface area (TPSA) is 58.6 Å². The Hall–Kier alpha value is -1.95. The van der Waals surface area contributed by atoms with Gasteiger partial charge in [0.15, 0.2) is 0 Å². The highest BCUT2D eigenvalue weighted by molar-refractivity contribution is 5.94. The van der Waals surface area contributed by atoms with Gasteiger partial charge >= 0.3 is 0 Å². The second-order valence-electron chi connectivity index (χ2n) is 7.06. The molecule has 2 amide bonds. The Bertz CT molecular complexity index is 646. The fourth-order valence-corrected chi connectivity index (χ4v) is 3.19. The summed E-state index contributed by atoms with van der Waals surface area (Å²) in [6.45, 7) is 3.47.